The van der Waals surface area contributed by atoms with Crippen molar-refractivity contribution in [2.24, 2.45) is 0 Å². The van der Waals surface area contributed by atoms with Crippen molar-refractivity contribution < 1.29 is 0 Å². The van der Waals surface area contributed by atoms with Crippen LogP contribution in [0.4, 0.5) is 5.69 Å². The minimum Gasteiger partial charge on any atom is -0.333 e. The fraction of sp³-hybridized carbons (Fsp3) is 0.143. The largest absolute Gasteiger partial charge is 0.333 e. The van der Waals surface area contributed by atoms with Gasteiger partial charge in [-0.1, -0.05) is 43.5 Å². The van der Waals surface area contributed by atoms with Gasteiger partial charge in [-0.15, -0.1) is 0 Å². The standard InChI is InChI=1S/C14H13N3/c1-3-12(10-15)17(13(4-2)11-16)14-8-6-5-7-9-14/h3-9,12-13H,1-2H2. The maximum Gasteiger partial charge on any atom is 0.136 e. The van der Waals surface area contributed by atoms with Gasteiger partial charge in [0.2, 0.25) is 0 Å². The Labute approximate surface area is 102 Å². The first-order valence-electron chi connectivity index (χ1n) is 5.16. The summed E-state index contributed by atoms with van der Waals surface area (Å²) in [5.74, 6) is 0. The van der Waals surface area contributed by atoms with Gasteiger partial charge in [0, 0.05) is 5.69 Å². The van der Waals surface area contributed by atoms with E-state index in [-0.39, 0.29) is 0 Å². The van der Waals surface area contributed by atoms with E-state index >= 15 is 0 Å². The third-order valence-electron chi connectivity index (χ3n) is 2.36. The zero-order chi connectivity index (χ0) is 12.7. The van der Waals surface area contributed by atoms with E-state index in [2.05, 4.69) is 25.3 Å². The fourth-order valence-electron chi connectivity index (χ4n) is 1.55. The van der Waals surface area contributed by atoms with Crippen molar-refractivity contribution >= 4 is 5.69 Å². The Morgan fingerprint density at radius 1 is 1.00 bits per heavy atom. The first kappa shape index (κ1) is 12.5. The lowest BCUT2D eigenvalue weighted by Gasteiger charge is -2.30. The molecule has 0 fully saturated rings. The summed E-state index contributed by atoms with van der Waals surface area (Å²) >= 11 is 0. The van der Waals surface area contributed by atoms with E-state index < -0.39 is 12.1 Å². The second-order valence-electron chi connectivity index (χ2n) is 3.36. The zero-order valence-corrected chi connectivity index (χ0v) is 9.45. The highest BCUT2D eigenvalue weighted by Crippen LogP contribution is 2.20. The second kappa shape index (κ2) is 6.15. The van der Waals surface area contributed by atoms with E-state index in [1.54, 1.807) is 4.90 Å². The monoisotopic (exact) mass is 223 g/mol. The minimum atomic E-state index is -0.556. The van der Waals surface area contributed by atoms with Crippen LogP contribution in [-0.4, -0.2) is 12.1 Å². The highest BCUT2D eigenvalue weighted by molar-refractivity contribution is 5.53. The van der Waals surface area contributed by atoms with Gasteiger partial charge in [0.1, 0.15) is 12.1 Å². The SMILES string of the molecule is C=CC(C#N)N(c1ccccc1)C(C#N)C=C. The summed E-state index contributed by atoms with van der Waals surface area (Å²) in [7, 11) is 0. The lowest BCUT2D eigenvalue weighted by Crippen LogP contribution is -2.40. The van der Waals surface area contributed by atoms with Gasteiger partial charge in [-0.05, 0) is 12.1 Å². The molecule has 0 heterocycles. The molecule has 3 nitrogen and oxygen atoms in total. The first-order chi connectivity index (χ1) is 8.28. The van der Waals surface area contributed by atoms with Crippen molar-refractivity contribution in [1.29, 1.82) is 10.5 Å². The van der Waals surface area contributed by atoms with Crippen molar-refractivity contribution in [2.45, 2.75) is 12.1 Å². The van der Waals surface area contributed by atoms with Crippen LogP contribution in [0.5, 0.6) is 0 Å². The van der Waals surface area contributed by atoms with Crippen LogP contribution in [0.25, 0.3) is 0 Å². The van der Waals surface area contributed by atoms with Gasteiger partial charge >= 0.3 is 0 Å². The Balaban J connectivity index is 3.21. The molecular formula is C14H13N3. The van der Waals surface area contributed by atoms with Gasteiger partial charge in [0.15, 0.2) is 0 Å². The van der Waals surface area contributed by atoms with E-state index in [9.17, 15) is 0 Å². The molecule has 0 amide bonds. The number of rotatable bonds is 5. The van der Waals surface area contributed by atoms with Gasteiger partial charge in [-0.3, -0.25) is 0 Å². The normalized spacial score (nSPS) is 12.6. The number of nitrogens with zero attached hydrogens (tertiary/aromatic N) is 3. The molecule has 2 atom stereocenters. The van der Waals surface area contributed by atoms with Crippen molar-refractivity contribution in [1.82, 2.24) is 0 Å². The molecule has 0 radical (unpaired) electrons. The molecule has 0 aliphatic heterocycles. The molecule has 0 N–H and O–H groups in total. The number of nitriles is 2. The number of hydrogen-bond acceptors (Lipinski definition) is 3. The molecular weight excluding hydrogens is 210 g/mol. The Morgan fingerprint density at radius 2 is 1.47 bits per heavy atom. The van der Waals surface area contributed by atoms with Crippen LogP contribution >= 0.6 is 0 Å². The molecule has 3 heteroatoms. The second-order valence-corrected chi connectivity index (χ2v) is 3.36. The summed E-state index contributed by atoms with van der Waals surface area (Å²) in [6, 6.07) is 12.4. The average molecular weight is 223 g/mol. The smallest absolute Gasteiger partial charge is 0.136 e. The predicted molar refractivity (Wildman–Crippen MR) is 68.1 cm³/mol. The Bertz CT molecular complexity index is 438. The molecule has 0 saturated heterocycles. The van der Waals surface area contributed by atoms with Crippen LogP contribution in [0.1, 0.15) is 0 Å². The van der Waals surface area contributed by atoms with Crippen LogP contribution in [-0.2, 0) is 0 Å². The summed E-state index contributed by atoms with van der Waals surface area (Å²) in [4.78, 5) is 1.68. The molecule has 0 aromatic heterocycles. The van der Waals surface area contributed by atoms with E-state index in [0.29, 0.717) is 0 Å². The number of anilines is 1. The number of hydrogen-bond donors (Lipinski definition) is 0. The summed E-state index contributed by atoms with van der Waals surface area (Å²) in [5.41, 5.74) is 0.797. The lowest BCUT2D eigenvalue weighted by atomic mass is 10.1. The molecule has 0 aliphatic carbocycles. The molecule has 0 saturated carbocycles. The molecule has 1 rings (SSSR count). The van der Waals surface area contributed by atoms with Crippen LogP contribution in [0, 0.1) is 22.7 Å². The van der Waals surface area contributed by atoms with Crippen molar-refractivity contribution in [3.63, 3.8) is 0 Å². The highest BCUT2D eigenvalue weighted by Gasteiger charge is 2.22. The summed E-state index contributed by atoms with van der Waals surface area (Å²) in [5, 5.41) is 18.2. The Hall–Kier alpha value is -2.52. The zero-order valence-electron chi connectivity index (χ0n) is 9.45. The molecule has 0 aliphatic rings. The molecule has 1 aromatic carbocycles. The third kappa shape index (κ3) is 2.74. The quantitative estimate of drug-likeness (QED) is 0.721. The average Bonchev–Trinajstić information content (AvgIpc) is 2.40. The lowest BCUT2D eigenvalue weighted by molar-refractivity contribution is 0.780. The van der Waals surface area contributed by atoms with Gasteiger partial charge in [-0.2, -0.15) is 10.5 Å². The van der Waals surface area contributed by atoms with Crippen LogP contribution in [0.2, 0.25) is 0 Å². The molecule has 0 spiro atoms. The molecule has 1 aromatic rings. The summed E-state index contributed by atoms with van der Waals surface area (Å²) < 4.78 is 0. The summed E-state index contributed by atoms with van der Waals surface area (Å²) in [6.07, 6.45) is 3.03. The van der Waals surface area contributed by atoms with Gasteiger partial charge in [-0.25, -0.2) is 0 Å². The van der Waals surface area contributed by atoms with Crippen LogP contribution < -0.4 is 4.90 Å². The first-order valence-corrected chi connectivity index (χ1v) is 5.16. The van der Waals surface area contributed by atoms with E-state index in [0.717, 1.165) is 5.69 Å². The minimum absolute atomic E-state index is 0.556. The van der Waals surface area contributed by atoms with Gasteiger partial charge in [0.05, 0.1) is 12.1 Å². The van der Waals surface area contributed by atoms with Crippen molar-refractivity contribution in [3.05, 3.63) is 55.6 Å². The Morgan fingerprint density at radius 3 is 1.82 bits per heavy atom. The highest BCUT2D eigenvalue weighted by atomic mass is 15.2. The number of benzene rings is 1. The topological polar surface area (TPSA) is 50.8 Å². The molecule has 0 bridgehead atoms. The Kier molecular flexibility index (Phi) is 4.54. The molecule has 84 valence electrons. The predicted octanol–water partition coefficient (Wildman–Crippen LogP) is 2.65. The maximum absolute atomic E-state index is 9.09. The summed E-state index contributed by atoms with van der Waals surface area (Å²) in [6.45, 7) is 7.24. The maximum atomic E-state index is 9.09. The number of para-hydroxylation sites is 1. The van der Waals surface area contributed by atoms with E-state index in [1.807, 2.05) is 30.3 Å². The van der Waals surface area contributed by atoms with Crippen molar-refractivity contribution in [2.75, 3.05) is 4.90 Å². The molecule has 2 unspecified atom stereocenters. The third-order valence-corrected chi connectivity index (χ3v) is 2.36. The van der Waals surface area contributed by atoms with Gasteiger partial charge in [0.25, 0.3) is 0 Å². The van der Waals surface area contributed by atoms with Crippen LogP contribution in [0.15, 0.2) is 55.6 Å². The fourth-order valence-corrected chi connectivity index (χ4v) is 1.55. The van der Waals surface area contributed by atoms with Crippen molar-refractivity contribution in [3.8, 4) is 12.1 Å². The van der Waals surface area contributed by atoms with E-state index in [4.69, 9.17) is 10.5 Å². The van der Waals surface area contributed by atoms with E-state index in [1.165, 1.54) is 12.2 Å². The van der Waals surface area contributed by atoms with Crippen LogP contribution in [0.3, 0.4) is 0 Å². The molecule has 17 heavy (non-hydrogen) atoms. The van der Waals surface area contributed by atoms with Gasteiger partial charge < -0.3 is 4.90 Å².